The lowest BCUT2D eigenvalue weighted by Gasteiger charge is -2.59. The Kier molecular flexibility index (Phi) is 5.29. The van der Waals surface area contributed by atoms with Crippen LogP contribution in [0.15, 0.2) is 54.6 Å². The highest BCUT2D eigenvalue weighted by molar-refractivity contribution is 5.81. The number of allylic oxidation sites excluding steroid dienone is 1. The maximum absolute atomic E-state index is 13.1. The van der Waals surface area contributed by atoms with E-state index in [1.807, 2.05) is 17.9 Å². The van der Waals surface area contributed by atoms with Crippen molar-refractivity contribution in [3.63, 3.8) is 0 Å². The smallest absolute Gasteiger partial charge is 0.237 e. The first kappa shape index (κ1) is 18.8. The number of halogens is 1. The molecule has 0 spiro atoms. The molecule has 4 nitrogen and oxygen atoms in total. The molecule has 1 N–H and O–H groups in total. The Morgan fingerprint density at radius 1 is 1.14 bits per heavy atom. The minimum Gasteiger partial charge on any atom is -0.394 e. The average molecular weight is 380 g/mol. The predicted octanol–water partition coefficient (Wildman–Crippen LogP) is 3.03. The fourth-order valence-corrected chi connectivity index (χ4v) is 4.56. The highest BCUT2D eigenvalue weighted by Gasteiger charge is 2.53. The van der Waals surface area contributed by atoms with E-state index >= 15 is 0 Å². The molecule has 0 radical (unpaired) electrons. The predicted molar refractivity (Wildman–Crippen MR) is 107 cm³/mol. The lowest BCUT2D eigenvalue weighted by Crippen LogP contribution is -2.72. The Labute approximate surface area is 164 Å². The van der Waals surface area contributed by atoms with E-state index in [9.17, 15) is 14.3 Å². The molecule has 2 heterocycles. The van der Waals surface area contributed by atoms with Gasteiger partial charge < -0.3 is 10.0 Å². The Morgan fingerprint density at radius 2 is 1.86 bits per heavy atom. The molecule has 28 heavy (non-hydrogen) atoms. The number of aliphatic hydroxyl groups is 1. The monoisotopic (exact) mass is 380 g/mol. The summed E-state index contributed by atoms with van der Waals surface area (Å²) in [5, 5.41) is 9.89. The molecule has 2 aliphatic rings. The second-order valence-electron chi connectivity index (χ2n) is 7.61. The Balaban J connectivity index is 1.52. The number of fused-ring (bicyclic) bond motifs is 1. The van der Waals surface area contributed by atoms with E-state index in [4.69, 9.17) is 0 Å². The lowest BCUT2D eigenvalue weighted by molar-refractivity contribution is -0.162. The average Bonchev–Trinajstić information content (AvgIpc) is 2.67. The SMILES string of the molecule is CC=Cc1ccc([C@@H]2[C@H]3CN(Cc4ccc(F)cc4)CC(=O)N3[C@H]2CO)cc1. The number of benzene rings is 2. The van der Waals surface area contributed by atoms with Gasteiger partial charge in [0.05, 0.1) is 25.2 Å². The van der Waals surface area contributed by atoms with Gasteiger partial charge >= 0.3 is 0 Å². The largest absolute Gasteiger partial charge is 0.394 e. The van der Waals surface area contributed by atoms with Gasteiger partial charge in [-0.25, -0.2) is 4.39 Å². The summed E-state index contributed by atoms with van der Waals surface area (Å²) >= 11 is 0. The van der Waals surface area contributed by atoms with Crippen LogP contribution in [0.4, 0.5) is 4.39 Å². The molecule has 2 aliphatic heterocycles. The number of carbonyl (C=O) groups excluding carboxylic acids is 1. The van der Waals surface area contributed by atoms with Gasteiger partial charge in [-0.15, -0.1) is 0 Å². The van der Waals surface area contributed by atoms with Crippen molar-refractivity contribution in [1.82, 2.24) is 9.80 Å². The number of amides is 1. The maximum atomic E-state index is 13.1. The molecular weight excluding hydrogens is 355 g/mol. The van der Waals surface area contributed by atoms with Gasteiger partial charge in [-0.1, -0.05) is 48.6 Å². The summed E-state index contributed by atoms with van der Waals surface area (Å²) in [6, 6.07) is 14.7. The van der Waals surface area contributed by atoms with E-state index in [0.29, 0.717) is 13.1 Å². The molecule has 0 aromatic heterocycles. The Hall–Kier alpha value is -2.50. The minimum atomic E-state index is -0.254. The summed E-state index contributed by atoms with van der Waals surface area (Å²) in [6.45, 7) is 3.66. The second kappa shape index (κ2) is 7.86. The summed E-state index contributed by atoms with van der Waals surface area (Å²) in [7, 11) is 0. The third kappa shape index (κ3) is 3.48. The van der Waals surface area contributed by atoms with Crippen molar-refractivity contribution < 1.29 is 14.3 Å². The van der Waals surface area contributed by atoms with E-state index in [1.165, 1.54) is 12.1 Å². The topological polar surface area (TPSA) is 43.8 Å². The van der Waals surface area contributed by atoms with Crippen LogP contribution in [0.5, 0.6) is 0 Å². The molecule has 0 bridgehead atoms. The maximum Gasteiger partial charge on any atom is 0.237 e. The number of hydrogen-bond acceptors (Lipinski definition) is 3. The number of hydrogen-bond donors (Lipinski definition) is 1. The van der Waals surface area contributed by atoms with Gasteiger partial charge in [-0.3, -0.25) is 9.69 Å². The highest BCUT2D eigenvalue weighted by Crippen LogP contribution is 2.43. The summed E-state index contributed by atoms with van der Waals surface area (Å²) in [6.07, 6.45) is 4.05. The van der Waals surface area contributed by atoms with Crippen molar-refractivity contribution in [2.45, 2.75) is 31.5 Å². The molecule has 2 fully saturated rings. The van der Waals surface area contributed by atoms with Crippen molar-refractivity contribution in [2.24, 2.45) is 0 Å². The standard InChI is InChI=1S/C23H25FN2O2/c1-2-3-16-4-8-18(9-5-16)23-20-13-25(12-17-6-10-19(24)11-7-17)14-22(28)26(20)21(23)15-27/h2-11,20-21,23,27H,12-15H2,1H3/t20-,21+,23-/m1/s1. The first-order valence-electron chi connectivity index (χ1n) is 9.72. The highest BCUT2D eigenvalue weighted by atomic mass is 19.1. The van der Waals surface area contributed by atoms with Crippen molar-refractivity contribution >= 4 is 12.0 Å². The first-order valence-corrected chi connectivity index (χ1v) is 9.72. The minimum absolute atomic E-state index is 0.0263. The zero-order chi connectivity index (χ0) is 19.7. The first-order chi connectivity index (χ1) is 13.6. The van der Waals surface area contributed by atoms with Crippen LogP contribution in [0, 0.1) is 5.82 Å². The lowest BCUT2D eigenvalue weighted by atomic mass is 9.73. The van der Waals surface area contributed by atoms with Gasteiger partial charge in [-0.2, -0.15) is 0 Å². The number of piperazine rings is 1. The molecule has 0 aliphatic carbocycles. The van der Waals surface area contributed by atoms with Crippen molar-refractivity contribution in [1.29, 1.82) is 0 Å². The van der Waals surface area contributed by atoms with Gasteiger partial charge in [0, 0.05) is 19.0 Å². The quantitative estimate of drug-likeness (QED) is 0.867. The van der Waals surface area contributed by atoms with Gasteiger partial charge in [0.25, 0.3) is 0 Å². The summed E-state index contributed by atoms with van der Waals surface area (Å²) < 4.78 is 13.1. The molecule has 146 valence electrons. The van der Waals surface area contributed by atoms with Crippen LogP contribution in [0.3, 0.4) is 0 Å². The van der Waals surface area contributed by atoms with Crippen LogP contribution in [0.25, 0.3) is 6.08 Å². The van der Waals surface area contributed by atoms with Crippen LogP contribution in [0.2, 0.25) is 0 Å². The van der Waals surface area contributed by atoms with Crippen LogP contribution in [-0.2, 0) is 11.3 Å². The zero-order valence-corrected chi connectivity index (χ0v) is 16.0. The van der Waals surface area contributed by atoms with Gasteiger partial charge in [0.15, 0.2) is 0 Å². The molecule has 5 heteroatoms. The van der Waals surface area contributed by atoms with Crippen molar-refractivity contribution in [2.75, 3.05) is 19.7 Å². The van der Waals surface area contributed by atoms with Crippen molar-refractivity contribution in [3.8, 4) is 0 Å². The van der Waals surface area contributed by atoms with E-state index in [1.54, 1.807) is 12.1 Å². The molecule has 4 rings (SSSR count). The number of nitrogens with zero attached hydrogens (tertiary/aromatic N) is 2. The molecule has 2 saturated heterocycles. The second-order valence-corrected chi connectivity index (χ2v) is 7.61. The third-order valence-electron chi connectivity index (χ3n) is 5.82. The number of aliphatic hydroxyl groups excluding tert-OH is 1. The van der Waals surface area contributed by atoms with Crippen molar-refractivity contribution in [3.05, 3.63) is 77.1 Å². The van der Waals surface area contributed by atoms with Crippen LogP contribution in [-0.4, -0.2) is 52.6 Å². The summed E-state index contributed by atoms with van der Waals surface area (Å²) in [5.41, 5.74) is 3.29. The van der Waals surface area contributed by atoms with Crippen LogP contribution < -0.4 is 0 Å². The molecule has 0 unspecified atom stereocenters. The summed E-state index contributed by atoms with van der Waals surface area (Å²) in [4.78, 5) is 16.7. The van der Waals surface area contributed by atoms with Crippen LogP contribution in [0.1, 0.15) is 29.5 Å². The number of carbonyl (C=O) groups is 1. The molecule has 1 amide bonds. The Morgan fingerprint density at radius 3 is 2.50 bits per heavy atom. The normalized spacial score (nSPS) is 25.0. The number of rotatable bonds is 5. The Bertz CT molecular complexity index is 863. The van der Waals surface area contributed by atoms with E-state index < -0.39 is 0 Å². The fraction of sp³-hybridized carbons (Fsp3) is 0.348. The molecular formula is C23H25FN2O2. The molecule has 3 atom stereocenters. The third-order valence-corrected chi connectivity index (χ3v) is 5.82. The van der Waals surface area contributed by atoms with Gasteiger partial charge in [-0.05, 0) is 35.7 Å². The molecule has 2 aromatic rings. The van der Waals surface area contributed by atoms with Gasteiger partial charge in [0.1, 0.15) is 5.82 Å². The molecule has 2 aromatic carbocycles. The summed E-state index contributed by atoms with van der Waals surface area (Å²) in [5.74, 6) is -0.0697. The van der Waals surface area contributed by atoms with E-state index in [0.717, 1.165) is 23.2 Å². The van der Waals surface area contributed by atoms with Crippen LogP contribution >= 0.6 is 0 Å². The molecule has 0 saturated carbocycles. The van der Waals surface area contributed by atoms with E-state index in [-0.39, 0.29) is 36.3 Å². The van der Waals surface area contributed by atoms with Gasteiger partial charge in [0.2, 0.25) is 5.91 Å². The van der Waals surface area contributed by atoms with E-state index in [2.05, 4.69) is 35.2 Å². The zero-order valence-electron chi connectivity index (χ0n) is 16.0. The fourth-order valence-electron chi connectivity index (χ4n) is 4.56.